The lowest BCUT2D eigenvalue weighted by Gasteiger charge is -2.47. The molecule has 0 unspecified atom stereocenters. The molecule has 4 aromatic carbocycles. The summed E-state index contributed by atoms with van der Waals surface area (Å²) >= 11 is 0. The molecule has 2 saturated heterocycles. The number of carbonyl (C=O) groups excluding carboxylic acids is 3. The third-order valence-electron chi connectivity index (χ3n) is 9.06. The van der Waals surface area contributed by atoms with Crippen molar-refractivity contribution < 1.29 is 37.7 Å². The van der Waals surface area contributed by atoms with Gasteiger partial charge in [-0.15, -0.1) is 0 Å². The molecule has 53 heavy (non-hydrogen) atoms. The van der Waals surface area contributed by atoms with Crippen molar-refractivity contribution in [3.63, 3.8) is 0 Å². The highest BCUT2D eigenvalue weighted by molar-refractivity contribution is 6.04. The Labute approximate surface area is 309 Å². The lowest BCUT2D eigenvalue weighted by molar-refractivity contribution is -0.291. The average molecular weight is 714 g/mol. The Morgan fingerprint density at radius 3 is 2.17 bits per heavy atom. The molecule has 0 bridgehead atoms. The van der Waals surface area contributed by atoms with Gasteiger partial charge in [0.2, 0.25) is 11.5 Å². The topological polar surface area (TPSA) is 91.4 Å². The van der Waals surface area contributed by atoms with E-state index >= 15 is 0 Å². The van der Waals surface area contributed by atoms with Crippen LogP contribution in [0.5, 0.6) is 0 Å². The van der Waals surface area contributed by atoms with Gasteiger partial charge in [-0.05, 0) is 98.0 Å². The first-order valence-corrected chi connectivity index (χ1v) is 17.4. The number of ketones is 1. The summed E-state index contributed by atoms with van der Waals surface area (Å²) in [6.45, 7) is 5.77. The number of ether oxygens (including phenoxy) is 4. The van der Waals surface area contributed by atoms with E-state index in [-0.39, 0.29) is 44.0 Å². The molecule has 2 fully saturated rings. The Bertz CT molecular complexity index is 2040. The molecule has 2 heterocycles. The van der Waals surface area contributed by atoms with Crippen molar-refractivity contribution in [2.45, 2.75) is 57.6 Å². The Morgan fingerprint density at radius 1 is 0.868 bits per heavy atom. The van der Waals surface area contributed by atoms with Crippen molar-refractivity contribution >= 4 is 23.3 Å². The number of rotatable bonds is 10. The van der Waals surface area contributed by atoms with Crippen LogP contribution in [0.3, 0.4) is 0 Å². The van der Waals surface area contributed by atoms with Gasteiger partial charge in [0.25, 0.3) is 0 Å². The quantitative estimate of drug-likeness (QED) is 0.0565. The zero-order valence-corrected chi connectivity index (χ0v) is 29.9. The molecule has 0 aliphatic carbocycles. The Kier molecular flexibility index (Phi) is 11.5. The van der Waals surface area contributed by atoms with Crippen LogP contribution < -0.4 is 4.90 Å². The van der Waals surface area contributed by atoms with Crippen LogP contribution in [0.25, 0.3) is 0 Å². The third-order valence-corrected chi connectivity index (χ3v) is 9.06. The van der Waals surface area contributed by atoms with Crippen LogP contribution in [0.15, 0.2) is 103 Å². The number of nitrogens with zero attached hydrogens (tertiary/aromatic N) is 1. The van der Waals surface area contributed by atoms with Crippen molar-refractivity contribution in [1.29, 1.82) is 0 Å². The van der Waals surface area contributed by atoms with Gasteiger partial charge in [-0.25, -0.2) is 4.39 Å². The normalized spacial score (nSPS) is 18.4. The van der Waals surface area contributed by atoms with Gasteiger partial charge in [0.05, 0.1) is 18.6 Å². The van der Waals surface area contributed by atoms with Crippen molar-refractivity contribution in [3.05, 3.63) is 137 Å². The van der Waals surface area contributed by atoms with E-state index in [1.54, 1.807) is 18.7 Å². The molecular weight excluding hydrogens is 673 g/mol. The minimum atomic E-state index is -1.24. The molecule has 4 aromatic rings. The summed E-state index contributed by atoms with van der Waals surface area (Å²) in [4.78, 5) is 40.3. The summed E-state index contributed by atoms with van der Waals surface area (Å²) < 4.78 is 36.2. The average Bonchev–Trinajstić information content (AvgIpc) is 3.15. The second kappa shape index (κ2) is 16.4. The molecule has 270 valence electrons. The highest BCUT2D eigenvalue weighted by Gasteiger charge is 2.48. The van der Waals surface area contributed by atoms with Gasteiger partial charge in [-0.2, -0.15) is 0 Å². The summed E-state index contributed by atoms with van der Waals surface area (Å²) in [6, 6.07) is 30.0. The molecule has 0 saturated carbocycles. The van der Waals surface area contributed by atoms with Gasteiger partial charge >= 0.3 is 5.97 Å². The molecule has 1 amide bonds. The molecule has 2 atom stereocenters. The Morgan fingerprint density at radius 2 is 1.51 bits per heavy atom. The van der Waals surface area contributed by atoms with Crippen molar-refractivity contribution in [2.75, 3.05) is 24.7 Å². The first kappa shape index (κ1) is 37.2. The van der Waals surface area contributed by atoms with Crippen molar-refractivity contribution in [2.24, 2.45) is 5.92 Å². The van der Waals surface area contributed by atoms with Crippen LogP contribution in [0, 0.1) is 35.4 Å². The fourth-order valence-electron chi connectivity index (χ4n) is 6.25. The Hall–Kier alpha value is -5.58. The second-order valence-corrected chi connectivity index (χ2v) is 13.5. The van der Waals surface area contributed by atoms with Gasteiger partial charge in [0.1, 0.15) is 25.6 Å². The number of anilines is 1. The van der Waals surface area contributed by atoms with E-state index in [1.807, 2.05) is 78.9 Å². The van der Waals surface area contributed by atoms with Crippen LogP contribution in [0.4, 0.5) is 10.1 Å². The van der Waals surface area contributed by atoms with E-state index in [0.29, 0.717) is 29.8 Å². The number of amides is 1. The summed E-state index contributed by atoms with van der Waals surface area (Å²) in [5.74, 6) is 9.86. The predicted octanol–water partition coefficient (Wildman–Crippen LogP) is 7.20. The zero-order chi connectivity index (χ0) is 37.4. The Balaban J connectivity index is 1.18. The summed E-state index contributed by atoms with van der Waals surface area (Å²) in [7, 11) is 0. The molecular formula is C44H40FNO7. The minimum absolute atomic E-state index is 0.0640. The first-order valence-electron chi connectivity index (χ1n) is 17.4. The van der Waals surface area contributed by atoms with Crippen LogP contribution in [-0.4, -0.2) is 48.9 Å². The zero-order valence-electron chi connectivity index (χ0n) is 29.9. The molecule has 0 spiro atoms. The number of benzene rings is 4. The van der Waals surface area contributed by atoms with Crippen molar-refractivity contribution in [1.82, 2.24) is 0 Å². The number of β-lactam (4-membered cyclic amide) rings is 1. The fourth-order valence-corrected chi connectivity index (χ4v) is 6.25. The van der Waals surface area contributed by atoms with Crippen LogP contribution in [0.2, 0.25) is 0 Å². The number of carbonyl (C=O) groups is 3. The standard InChI is InChI=1S/C44H40FNO7/c1-31(47)53-44(29-51-43(2,3)52-30-44)26-25-33-11-15-36(16-12-33)41-39(23-24-40(48)35-17-19-37(45)20-18-35)42(49)46(41)38-21-13-32(14-22-38)10-7-27-50-28-34-8-5-4-6-9-34/h4-6,8-9,11-22,39,41H,23-24,27-30H2,1-3H3/t39-,41-/m1/s1. The molecule has 2 aliphatic heterocycles. The predicted molar refractivity (Wildman–Crippen MR) is 197 cm³/mol. The van der Waals surface area contributed by atoms with Crippen LogP contribution >= 0.6 is 0 Å². The van der Waals surface area contributed by atoms with Gasteiger partial charge < -0.3 is 23.8 Å². The SMILES string of the molecule is CC(=O)OC1(C#Cc2ccc([C@@H]3[C@@H](CCC(=O)c4ccc(F)cc4)C(=O)N3c3ccc(C#CCOCc4ccccc4)cc3)cc2)COC(C)(C)OC1. The number of halogens is 1. The van der Waals surface area contributed by atoms with Crippen LogP contribution in [-0.2, 0) is 35.1 Å². The van der Waals surface area contributed by atoms with E-state index in [0.717, 1.165) is 16.7 Å². The van der Waals surface area contributed by atoms with Crippen molar-refractivity contribution in [3.8, 4) is 23.7 Å². The number of hydrogen-bond acceptors (Lipinski definition) is 7. The summed E-state index contributed by atoms with van der Waals surface area (Å²) in [6.07, 6.45) is 0.460. The molecule has 0 aromatic heterocycles. The van der Waals surface area contributed by atoms with E-state index in [9.17, 15) is 18.8 Å². The van der Waals surface area contributed by atoms with E-state index < -0.39 is 29.1 Å². The number of hydrogen-bond donors (Lipinski definition) is 0. The lowest BCUT2D eigenvalue weighted by Crippen LogP contribution is -2.55. The number of esters is 1. The highest BCUT2D eigenvalue weighted by atomic mass is 19.1. The van der Waals surface area contributed by atoms with Gasteiger partial charge in [-0.1, -0.05) is 60.2 Å². The van der Waals surface area contributed by atoms with E-state index in [2.05, 4.69) is 23.7 Å². The maximum Gasteiger partial charge on any atom is 0.304 e. The first-order chi connectivity index (χ1) is 25.5. The summed E-state index contributed by atoms with van der Waals surface area (Å²) in [5, 5.41) is 0. The molecule has 0 radical (unpaired) electrons. The van der Waals surface area contributed by atoms with Gasteiger partial charge in [0.15, 0.2) is 11.6 Å². The monoisotopic (exact) mass is 713 g/mol. The molecule has 0 N–H and O–H groups in total. The van der Waals surface area contributed by atoms with E-state index in [1.165, 1.54) is 31.2 Å². The fraction of sp³-hybridized carbons (Fsp3) is 0.295. The molecule has 6 rings (SSSR count). The minimum Gasteiger partial charge on any atom is -0.441 e. The highest BCUT2D eigenvalue weighted by Crippen LogP contribution is 2.45. The lowest BCUT2D eigenvalue weighted by atomic mass is 9.78. The maximum absolute atomic E-state index is 13.7. The molecule has 9 heteroatoms. The largest absolute Gasteiger partial charge is 0.441 e. The van der Waals surface area contributed by atoms with E-state index in [4.69, 9.17) is 18.9 Å². The number of Topliss-reactive ketones (excluding diaryl/α,β-unsaturated/α-hetero) is 1. The third kappa shape index (κ3) is 9.46. The second-order valence-electron chi connectivity index (χ2n) is 13.5. The van der Waals surface area contributed by atoms with Crippen LogP contribution in [0.1, 0.15) is 72.3 Å². The molecule has 2 aliphatic rings. The van der Waals surface area contributed by atoms with Gasteiger partial charge in [-0.3, -0.25) is 14.4 Å². The van der Waals surface area contributed by atoms with Gasteiger partial charge in [0, 0.05) is 35.7 Å². The maximum atomic E-state index is 13.7. The smallest absolute Gasteiger partial charge is 0.304 e. The molecule has 8 nitrogen and oxygen atoms in total. The summed E-state index contributed by atoms with van der Waals surface area (Å²) in [5.41, 5.74) is 3.27.